The fraction of sp³-hybridized carbons (Fsp3) is 0.632. The molecule has 1 aromatic rings. The number of methoxy groups -OCH3 is 1. The highest BCUT2D eigenvalue weighted by atomic mass is 19.3. The Hall–Kier alpha value is -1.71. The van der Waals surface area contributed by atoms with Crippen molar-refractivity contribution in [1.29, 1.82) is 5.26 Å². The summed E-state index contributed by atoms with van der Waals surface area (Å²) in [5.74, 6) is -2.20. The first-order valence-electron chi connectivity index (χ1n) is 8.65. The molecule has 0 aromatic heterocycles. The normalized spacial score (nSPS) is 33.5. The summed E-state index contributed by atoms with van der Waals surface area (Å²) in [6.07, 6.45) is 0.465. The van der Waals surface area contributed by atoms with Crippen LogP contribution in [-0.2, 0) is 11.3 Å². The van der Waals surface area contributed by atoms with E-state index in [0.717, 1.165) is 11.3 Å². The number of benzene rings is 1. The van der Waals surface area contributed by atoms with Gasteiger partial charge in [-0.05, 0) is 42.4 Å². The van der Waals surface area contributed by atoms with Gasteiger partial charge in [0, 0.05) is 18.8 Å². The molecule has 0 heterocycles. The number of rotatable bonds is 5. The number of ether oxygens (including phenoxy) is 2. The minimum Gasteiger partial charge on any atom is -0.497 e. The number of alkyl halides is 2. The lowest BCUT2D eigenvalue weighted by atomic mass is 9.76. The van der Waals surface area contributed by atoms with Crippen LogP contribution in [0.15, 0.2) is 24.3 Å². The maximum atomic E-state index is 13.7. The molecule has 136 valence electrons. The highest BCUT2D eigenvalue weighted by Crippen LogP contribution is 2.53. The molecular formula is C19H24F2N2O2. The molecule has 2 saturated carbocycles. The van der Waals surface area contributed by atoms with Crippen molar-refractivity contribution in [3.05, 3.63) is 29.8 Å². The van der Waals surface area contributed by atoms with E-state index in [0.29, 0.717) is 26.1 Å². The first-order chi connectivity index (χ1) is 11.9. The van der Waals surface area contributed by atoms with Crippen molar-refractivity contribution in [1.82, 2.24) is 0 Å². The van der Waals surface area contributed by atoms with Crippen LogP contribution in [0.25, 0.3) is 0 Å². The van der Waals surface area contributed by atoms with Gasteiger partial charge in [0.25, 0.3) is 0 Å². The summed E-state index contributed by atoms with van der Waals surface area (Å²) in [7, 11) is 1.61. The van der Waals surface area contributed by atoms with Crippen LogP contribution < -0.4 is 10.5 Å². The van der Waals surface area contributed by atoms with Crippen molar-refractivity contribution >= 4 is 0 Å². The molecule has 25 heavy (non-hydrogen) atoms. The summed E-state index contributed by atoms with van der Waals surface area (Å²) in [6.45, 7) is 0.721. The molecule has 0 aliphatic heterocycles. The molecule has 1 unspecified atom stereocenters. The number of fused-ring (bicyclic) bond motifs is 1. The van der Waals surface area contributed by atoms with E-state index in [-0.39, 0.29) is 30.6 Å². The van der Waals surface area contributed by atoms with Gasteiger partial charge in [0.15, 0.2) is 0 Å². The summed E-state index contributed by atoms with van der Waals surface area (Å²) in [4.78, 5) is 0. The van der Waals surface area contributed by atoms with Crippen molar-refractivity contribution in [2.24, 2.45) is 23.5 Å². The molecule has 0 bridgehead atoms. The lowest BCUT2D eigenvalue weighted by Gasteiger charge is -2.34. The summed E-state index contributed by atoms with van der Waals surface area (Å²) in [5, 5.41) is 9.51. The molecule has 3 rings (SSSR count). The standard InChI is InChI=1S/C19H24F2N2O2/c1-24-15-4-2-13(3-5-15)10-25-11-17-16-6-7-19(20,21)9-14(16)8-18(17,23)12-22/h2-5,14,16-17H,6-11,23H2,1H3/t14-,16-,17+,18?/m1/s1. The van der Waals surface area contributed by atoms with Gasteiger partial charge in [-0.15, -0.1) is 0 Å². The number of nitriles is 1. The Balaban J connectivity index is 1.62. The van der Waals surface area contributed by atoms with Crippen molar-refractivity contribution in [2.45, 2.75) is 43.8 Å². The van der Waals surface area contributed by atoms with Crippen LogP contribution in [0.5, 0.6) is 5.75 Å². The summed E-state index contributed by atoms with van der Waals surface area (Å²) in [5.41, 5.74) is 6.18. The fourth-order valence-corrected chi connectivity index (χ4v) is 4.40. The maximum Gasteiger partial charge on any atom is 0.248 e. The average molecular weight is 350 g/mol. The van der Waals surface area contributed by atoms with Gasteiger partial charge in [-0.2, -0.15) is 5.26 Å². The van der Waals surface area contributed by atoms with Gasteiger partial charge >= 0.3 is 0 Å². The minimum absolute atomic E-state index is 0.0418. The average Bonchev–Trinajstić information content (AvgIpc) is 2.86. The van der Waals surface area contributed by atoms with Crippen molar-refractivity contribution in [3.8, 4) is 11.8 Å². The van der Waals surface area contributed by atoms with Crippen LogP contribution in [0.1, 0.15) is 31.2 Å². The zero-order valence-corrected chi connectivity index (χ0v) is 14.4. The number of nitrogens with two attached hydrogens (primary N) is 1. The molecule has 0 radical (unpaired) electrons. The number of hydrogen-bond donors (Lipinski definition) is 1. The molecule has 0 saturated heterocycles. The van der Waals surface area contributed by atoms with E-state index in [1.54, 1.807) is 7.11 Å². The Bertz CT molecular complexity index is 644. The lowest BCUT2D eigenvalue weighted by Crippen LogP contribution is -2.45. The molecule has 2 N–H and O–H groups in total. The van der Waals surface area contributed by atoms with E-state index in [1.807, 2.05) is 24.3 Å². The third-order valence-corrected chi connectivity index (χ3v) is 5.72. The third-order valence-electron chi connectivity index (χ3n) is 5.72. The Morgan fingerprint density at radius 1 is 1.28 bits per heavy atom. The van der Waals surface area contributed by atoms with E-state index >= 15 is 0 Å². The zero-order chi connectivity index (χ0) is 18.1. The molecule has 4 nitrogen and oxygen atoms in total. The molecule has 2 aliphatic carbocycles. The van der Waals surface area contributed by atoms with Crippen LogP contribution >= 0.6 is 0 Å². The largest absolute Gasteiger partial charge is 0.497 e. The van der Waals surface area contributed by atoms with Gasteiger partial charge in [0.2, 0.25) is 5.92 Å². The topological polar surface area (TPSA) is 68.3 Å². The van der Waals surface area contributed by atoms with E-state index in [2.05, 4.69) is 6.07 Å². The Kier molecular flexibility index (Phi) is 4.99. The lowest BCUT2D eigenvalue weighted by molar-refractivity contribution is -0.0719. The van der Waals surface area contributed by atoms with Gasteiger partial charge < -0.3 is 15.2 Å². The van der Waals surface area contributed by atoms with E-state index in [4.69, 9.17) is 15.2 Å². The van der Waals surface area contributed by atoms with Crippen LogP contribution in [0, 0.1) is 29.1 Å². The van der Waals surface area contributed by atoms with Gasteiger partial charge in [-0.25, -0.2) is 8.78 Å². The maximum absolute atomic E-state index is 13.7. The quantitative estimate of drug-likeness (QED) is 0.882. The highest BCUT2D eigenvalue weighted by molar-refractivity contribution is 5.26. The Morgan fingerprint density at radius 3 is 2.64 bits per heavy atom. The van der Waals surface area contributed by atoms with E-state index in [9.17, 15) is 14.0 Å². The van der Waals surface area contributed by atoms with Crippen LogP contribution in [0.2, 0.25) is 0 Å². The van der Waals surface area contributed by atoms with Crippen molar-refractivity contribution < 1.29 is 18.3 Å². The molecule has 6 heteroatoms. The number of hydrogen-bond acceptors (Lipinski definition) is 4. The number of nitrogens with zero attached hydrogens (tertiary/aromatic N) is 1. The highest BCUT2D eigenvalue weighted by Gasteiger charge is 2.56. The zero-order valence-electron chi connectivity index (χ0n) is 14.4. The van der Waals surface area contributed by atoms with E-state index < -0.39 is 11.5 Å². The van der Waals surface area contributed by atoms with Crippen molar-refractivity contribution in [2.75, 3.05) is 13.7 Å². The van der Waals surface area contributed by atoms with Crippen molar-refractivity contribution in [3.63, 3.8) is 0 Å². The Morgan fingerprint density at radius 2 is 2.00 bits per heavy atom. The molecule has 0 amide bonds. The molecule has 2 aliphatic rings. The SMILES string of the molecule is COc1ccc(COC[C@H]2[C@@H]3CCC(F)(F)C[C@H]3CC2(N)C#N)cc1. The Labute approximate surface area is 146 Å². The monoisotopic (exact) mass is 350 g/mol. The second-order valence-electron chi connectivity index (χ2n) is 7.35. The van der Waals surface area contributed by atoms with Gasteiger partial charge in [-0.1, -0.05) is 12.1 Å². The smallest absolute Gasteiger partial charge is 0.248 e. The van der Waals surface area contributed by atoms with Crippen LogP contribution in [0.4, 0.5) is 8.78 Å². The first-order valence-corrected chi connectivity index (χ1v) is 8.65. The van der Waals surface area contributed by atoms with E-state index in [1.165, 1.54) is 0 Å². The number of halogens is 2. The predicted molar refractivity (Wildman–Crippen MR) is 89.1 cm³/mol. The summed E-state index contributed by atoms with van der Waals surface area (Å²) in [6, 6.07) is 9.72. The molecular weight excluding hydrogens is 326 g/mol. The third kappa shape index (κ3) is 3.78. The molecule has 1 aromatic carbocycles. The van der Waals surface area contributed by atoms with Gasteiger partial charge in [-0.3, -0.25) is 0 Å². The second-order valence-corrected chi connectivity index (χ2v) is 7.35. The van der Waals surface area contributed by atoms with Gasteiger partial charge in [0.1, 0.15) is 11.3 Å². The van der Waals surface area contributed by atoms with Crippen LogP contribution in [-0.4, -0.2) is 25.2 Å². The predicted octanol–water partition coefficient (Wildman–Crippen LogP) is 3.50. The minimum atomic E-state index is -2.63. The molecule has 4 atom stereocenters. The van der Waals surface area contributed by atoms with Crippen LogP contribution in [0.3, 0.4) is 0 Å². The van der Waals surface area contributed by atoms with Gasteiger partial charge in [0.05, 0.1) is 26.4 Å². The summed E-state index contributed by atoms with van der Waals surface area (Å²) < 4.78 is 38.3. The molecule has 0 spiro atoms. The fourth-order valence-electron chi connectivity index (χ4n) is 4.40. The molecule has 2 fully saturated rings. The summed E-state index contributed by atoms with van der Waals surface area (Å²) >= 11 is 0. The second kappa shape index (κ2) is 6.89. The first kappa shape index (κ1) is 18.1.